The first kappa shape index (κ1) is 21.4. The zero-order valence-electron chi connectivity index (χ0n) is 18.3. The number of rotatable bonds is 4. The van der Waals surface area contributed by atoms with Gasteiger partial charge < -0.3 is 9.64 Å². The van der Waals surface area contributed by atoms with Crippen molar-refractivity contribution >= 4 is 33.6 Å². The van der Waals surface area contributed by atoms with Crippen LogP contribution in [0.3, 0.4) is 0 Å². The summed E-state index contributed by atoms with van der Waals surface area (Å²) in [5.41, 5.74) is -0.316. The van der Waals surface area contributed by atoms with Gasteiger partial charge in [-0.25, -0.2) is 0 Å². The number of esters is 1. The smallest absolute Gasteiger partial charge is 0.328 e. The number of hydrogen-bond donors (Lipinski definition) is 0. The second kappa shape index (κ2) is 7.55. The van der Waals surface area contributed by atoms with Gasteiger partial charge in [0.2, 0.25) is 5.91 Å². The van der Waals surface area contributed by atoms with Gasteiger partial charge in [0.15, 0.2) is 11.2 Å². The molecule has 2 aromatic rings. The van der Waals surface area contributed by atoms with E-state index in [2.05, 4.69) is 22.9 Å². The van der Waals surface area contributed by atoms with Crippen LogP contribution in [0.4, 0.5) is 0 Å². The van der Waals surface area contributed by atoms with Crippen LogP contribution in [-0.2, 0) is 16.0 Å². The Labute approximate surface area is 196 Å². The summed E-state index contributed by atoms with van der Waals surface area (Å²) >= 11 is 3.50. The van der Waals surface area contributed by atoms with E-state index in [0.717, 1.165) is 41.3 Å². The highest BCUT2D eigenvalue weighted by molar-refractivity contribution is 9.10. The molecule has 2 fully saturated rings. The van der Waals surface area contributed by atoms with Gasteiger partial charge in [-0.05, 0) is 56.4 Å². The summed E-state index contributed by atoms with van der Waals surface area (Å²) in [4.78, 5) is 43.1. The molecule has 32 heavy (non-hydrogen) atoms. The molecule has 2 heterocycles. The number of carbonyl (C=O) groups excluding carboxylic acids is 3. The topological polar surface area (TPSA) is 63.7 Å². The van der Waals surface area contributed by atoms with E-state index in [1.807, 2.05) is 30.3 Å². The van der Waals surface area contributed by atoms with Crippen molar-refractivity contribution in [3.63, 3.8) is 0 Å². The van der Waals surface area contributed by atoms with Crippen LogP contribution in [0.15, 0.2) is 46.9 Å². The summed E-state index contributed by atoms with van der Waals surface area (Å²) in [6, 6.07) is 12.9. The standard InChI is InChI=1S/C26H26BrNO4/c1-3-16-7-9-17(10-8-16)22(29)25(2)21-19-15-18(27)11-12-20(19)32-24(31)26(21,25)23(30)28-13-5-4-6-14-28/h7-12,15,21H,3-6,13-14H2,1-2H3. The second-order valence-corrected chi connectivity index (χ2v) is 10.2. The molecule has 0 bridgehead atoms. The first-order valence-electron chi connectivity index (χ1n) is 11.3. The Balaban J connectivity index is 1.64. The fourth-order valence-corrected chi connectivity index (χ4v) is 6.17. The summed E-state index contributed by atoms with van der Waals surface area (Å²) in [6.45, 7) is 5.06. The van der Waals surface area contributed by atoms with Crippen LogP contribution >= 0.6 is 15.9 Å². The molecule has 2 aliphatic heterocycles. The average Bonchev–Trinajstić information content (AvgIpc) is 3.42. The molecule has 1 aliphatic carbocycles. The third kappa shape index (κ3) is 2.78. The summed E-state index contributed by atoms with van der Waals surface area (Å²) in [6.07, 6.45) is 3.76. The van der Waals surface area contributed by atoms with Crippen LogP contribution in [0.2, 0.25) is 0 Å². The van der Waals surface area contributed by atoms with E-state index in [0.29, 0.717) is 24.4 Å². The number of benzene rings is 2. The van der Waals surface area contributed by atoms with Crippen molar-refractivity contribution in [2.75, 3.05) is 13.1 Å². The van der Waals surface area contributed by atoms with Gasteiger partial charge >= 0.3 is 5.97 Å². The Hall–Kier alpha value is -2.47. The largest absolute Gasteiger partial charge is 0.425 e. The van der Waals surface area contributed by atoms with Crippen molar-refractivity contribution in [2.45, 2.75) is 45.4 Å². The number of amides is 1. The molecule has 3 atom stereocenters. The van der Waals surface area contributed by atoms with E-state index in [1.165, 1.54) is 0 Å². The molecule has 1 amide bonds. The van der Waals surface area contributed by atoms with E-state index < -0.39 is 22.7 Å². The minimum absolute atomic E-state index is 0.180. The lowest BCUT2D eigenvalue weighted by atomic mass is 9.85. The molecular formula is C26H26BrNO4. The SMILES string of the molecule is CCc1ccc(C(=O)C2(C)C3c4cc(Br)ccc4OC(=O)C32C(=O)N2CCCCC2)cc1. The predicted molar refractivity (Wildman–Crippen MR) is 124 cm³/mol. The number of nitrogens with zero attached hydrogens (tertiary/aromatic N) is 1. The summed E-state index contributed by atoms with van der Waals surface area (Å²) in [7, 11) is 0. The van der Waals surface area contributed by atoms with Crippen molar-refractivity contribution in [2.24, 2.45) is 10.8 Å². The molecule has 166 valence electrons. The lowest BCUT2D eigenvalue weighted by Crippen LogP contribution is -2.49. The van der Waals surface area contributed by atoms with Crippen molar-refractivity contribution in [3.8, 4) is 5.75 Å². The highest BCUT2D eigenvalue weighted by Crippen LogP contribution is 2.78. The van der Waals surface area contributed by atoms with Crippen LogP contribution < -0.4 is 4.74 Å². The Morgan fingerprint density at radius 2 is 1.78 bits per heavy atom. The van der Waals surface area contributed by atoms with Gasteiger partial charge in [-0.2, -0.15) is 0 Å². The highest BCUT2D eigenvalue weighted by Gasteiger charge is 2.88. The zero-order chi connectivity index (χ0) is 22.7. The quantitative estimate of drug-likeness (QED) is 0.261. The van der Waals surface area contributed by atoms with Gasteiger partial charge in [0.1, 0.15) is 5.75 Å². The first-order chi connectivity index (χ1) is 15.4. The Morgan fingerprint density at radius 1 is 1.09 bits per heavy atom. The number of likely N-dealkylation sites (tertiary alicyclic amines) is 1. The maximum absolute atomic E-state index is 13.9. The summed E-state index contributed by atoms with van der Waals surface area (Å²) < 4.78 is 6.54. The molecule has 1 saturated carbocycles. The Bertz CT molecular complexity index is 1120. The molecule has 3 aliphatic rings. The van der Waals surface area contributed by atoms with E-state index >= 15 is 0 Å². The average molecular weight is 496 g/mol. The molecule has 3 unspecified atom stereocenters. The van der Waals surface area contributed by atoms with Gasteiger partial charge in [0.25, 0.3) is 0 Å². The molecule has 2 aromatic carbocycles. The van der Waals surface area contributed by atoms with E-state index in [9.17, 15) is 14.4 Å². The molecule has 5 rings (SSSR count). The molecule has 0 aromatic heterocycles. The molecule has 0 N–H and O–H groups in total. The summed E-state index contributed by atoms with van der Waals surface area (Å²) in [5.74, 6) is -1.16. The van der Waals surface area contributed by atoms with Gasteiger partial charge in [-0.1, -0.05) is 47.1 Å². The Kier molecular flexibility index (Phi) is 5.04. The number of hydrogen-bond acceptors (Lipinski definition) is 4. The lowest BCUT2D eigenvalue weighted by molar-refractivity contribution is -0.154. The van der Waals surface area contributed by atoms with Gasteiger partial charge in [0.05, 0.1) is 5.41 Å². The van der Waals surface area contributed by atoms with Crippen molar-refractivity contribution < 1.29 is 19.1 Å². The van der Waals surface area contributed by atoms with E-state index in [-0.39, 0.29) is 11.7 Å². The van der Waals surface area contributed by atoms with Gasteiger partial charge in [-0.3, -0.25) is 14.4 Å². The number of ether oxygens (including phenoxy) is 1. The maximum atomic E-state index is 13.9. The number of Topliss-reactive ketones (excluding diaryl/α,β-unsaturated/α-hetero) is 1. The number of carbonyl (C=O) groups is 3. The number of ketones is 1. The number of piperidine rings is 1. The molecule has 1 saturated heterocycles. The first-order valence-corrected chi connectivity index (χ1v) is 12.1. The molecule has 0 spiro atoms. The van der Waals surface area contributed by atoms with Gasteiger partial charge in [0, 0.05) is 34.6 Å². The normalized spacial score (nSPS) is 28.4. The fourth-order valence-electron chi connectivity index (χ4n) is 5.79. The lowest BCUT2D eigenvalue weighted by Gasteiger charge is -2.32. The van der Waals surface area contributed by atoms with E-state index in [1.54, 1.807) is 24.0 Å². The van der Waals surface area contributed by atoms with Gasteiger partial charge in [-0.15, -0.1) is 0 Å². The number of halogens is 1. The maximum Gasteiger partial charge on any atom is 0.328 e. The fraction of sp³-hybridized carbons (Fsp3) is 0.423. The molecule has 0 radical (unpaired) electrons. The monoisotopic (exact) mass is 495 g/mol. The van der Waals surface area contributed by atoms with Crippen molar-refractivity contribution in [1.29, 1.82) is 0 Å². The van der Waals surface area contributed by atoms with Crippen molar-refractivity contribution in [1.82, 2.24) is 4.90 Å². The second-order valence-electron chi connectivity index (χ2n) is 9.25. The third-order valence-electron chi connectivity index (χ3n) is 7.63. The summed E-state index contributed by atoms with van der Waals surface area (Å²) in [5, 5.41) is 0. The minimum atomic E-state index is -1.52. The van der Waals surface area contributed by atoms with Crippen LogP contribution in [0.5, 0.6) is 5.75 Å². The molecular weight excluding hydrogens is 470 g/mol. The number of fused-ring (bicyclic) bond motifs is 3. The van der Waals surface area contributed by atoms with Crippen LogP contribution in [0, 0.1) is 10.8 Å². The Morgan fingerprint density at radius 3 is 2.44 bits per heavy atom. The van der Waals surface area contributed by atoms with Crippen LogP contribution in [-0.4, -0.2) is 35.6 Å². The highest BCUT2D eigenvalue weighted by atomic mass is 79.9. The number of aryl methyl sites for hydroxylation is 1. The van der Waals surface area contributed by atoms with Crippen LogP contribution in [0.1, 0.15) is 60.5 Å². The zero-order valence-corrected chi connectivity index (χ0v) is 19.9. The molecule has 5 nitrogen and oxygen atoms in total. The van der Waals surface area contributed by atoms with E-state index in [4.69, 9.17) is 4.74 Å². The molecule has 6 heteroatoms. The minimum Gasteiger partial charge on any atom is -0.425 e. The van der Waals surface area contributed by atoms with Crippen LogP contribution in [0.25, 0.3) is 0 Å². The van der Waals surface area contributed by atoms with Crippen molar-refractivity contribution in [3.05, 3.63) is 63.6 Å². The predicted octanol–water partition coefficient (Wildman–Crippen LogP) is 4.92. The third-order valence-corrected chi connectivity index (χ3v) is 8.12.